The van der Waals surface area contributed by atoms with Gasteiger partial charge in [0, 0.05) is 25.3 Å². The van der Waals surface area contributed by atoms with Gasteiger partial charge in [-0.25, -0.2) is 0 Å². The third kappa shape index (κ3) is 4.30. The van der Waals surface area contributed by atoms with Crippen molar-refractivity contribution < 1.29 is 4.79 Å². The van der Waals surface area contributed by atoms with Crippen LogP contribution < -0.4 is 0 Å². The van der Waals surface area contributed by atoms with Crippen molar-refractivity contribution in [2.45, 2.75) is 26.3 Å². The highest BCUT2D eigenvalue weighted by atomic mass is 32.2. The Morgan fingerprint density at radius 1 is 1.55 bits per heavy atom. The summed E-state index contributed by atoms with van der Waals surface area (Å²) in [7, 11) is 1.85. The molecule has 0 aliphatic heterocycles. The van der Waals surface area contributed by atoms with Gasteiger partial charge in [-0.2, -0.15) is 11.8 Å². The Balaban J connectivity index is 3.64. The smallest absolute Gasteiger partial charge is 0.223 e. The lowest BCUT2D eigenvalue weighted by molar-refractivity contribution is -0.130. The summed E-state index contributed by atoms with van der Waals surface area (Å²) in [6, 6.07) is 0.323. The molecule has 0 radical (unpaired) electrons. The molecule has 0 fully saturated rings. The molecule has 66 valence electrons. The van der Waals surface area contributed by atoms with Gasteiger partial charge in [0.25, 0.3) is 0 Å². The van der Waals surface area contributed by atoms with Crippen LogP contribution in [0.5, 0.6) is 0 Å². The lowest BCUT2D eigenvalue weighted by Crippen LogP contribution is -2.33. The monoisotopic (exact) mass is 175 g/mol. The normalized spacial score (nSPS) is 10.3. The van der Waals surface area contributed by atoms with E-state index in [1.54, 1.807) is 16.7 Å². The van der Waals surface area contributed by atoms with Gasteiger partial charge in [0.2, 0.25) is 5.91 Å². The molecule has 0 aliphatic rings. The van der Waals surface area contributed by atoms with Gasteiger partial charge in [-0.1, -0.05) is 0 Å². The summed E-state index contributed by atoms with van der Waals surface area (Å²) in [6.45, 7) is 4.05. The SMILES string of the molecule is CSCCC(=O)N(C)C(C)C. The molecule has 0 saturated heterocycles. The summed E-state index contributed by atoms with van der Waals surface area (Å²) >= 11 is 1.71. The molecule has 0 aliphatic carbocycles. The first-order valence-electron chi connectivity index (χ1n) is 3.84. The van der Waals surface area contributed by atoms with Crippen molar-refractivity contribution in [2.75, 3.05) is 19.1 Å². The molecular formula is C8H17NOS. The van der Waals surface area contributed by atoms with Crippen LogP contribution in [0.3, 0.4) is 0 Å². The quantitative estimate of drug-likeness (QED) is 0.647. The van der Waals surface area contributed by atoms with E-state index in [-0.39, 0.29) is 5.91 Å². The highest BCUT2D eigenvalue weighted by Gasteiger charge is 2.09. The summed E-state index contributed by atoms with van der Waals surface area (Å²) < 4.78 is 0. The Morgan fingerprint density at radius 2 is 2.09 bits per heavy atom. The van der Waals surface area contributed by atoms with E-state index in [1.807, 2.05) is 27.2 Å². The van der Waals surface area contributed by atoms with E-state index in [0.717, 1.165) is 5.75 Å². The Hall–Kier alpha value is -0.180. The van der Waals surface area contributed by atoms with E-state index in [1.165, 1.54) is 0 Å². The van der Waals surface area contributed by atoms with Crippen LogP contribution in [0.1, 0.15) is 20.3 Å². The molecule has 0 saturated carbocycles. The van der Waals surface area contributed by atoms with Crippen molar-refractivity contribution in [3.05, 3.63) is 0 Å². The number of carbonyl (C=O) groups excluding carboxylic acids is 1. The molecule has 0 bridgehead atoms. The average molecular weight is 175 g/mol. The minimum Gasteiger partial charge on any atom is -0.343 e. The van der Waals surface area contributed by atoms with Gasteiger partial charge < -0.3 is 4.90 Å². The number of rotatable bonds is 4. The van der Waals surface area contributed by atoms with Crippen LogP contribution >= 0.6 is 11.8 Å². The zero-order valence-electron chi connectivity index (χ0n) is 7.76. The molecule has 3 heteroatoms. The molecule has 0 spiro atoms. The number of amides is 1. The summed E-state index contributed by atoms with van der Waals surface area (Å²) in [5.74, 6) is 1.17. The summed E-state index contributed by atoms with van der Waals surface area (Å²) in [6.07, 6.45) is 2.68. The lowest BCUT2D eigenvalue weighted by atomic mass is 10.3. The van der Waals surface area contributed by atoms with Crippen molar-refractivity contribution in [1.82, 2.24) is 4.90 Å². The molecule has 0 aromatic heterocycles. The Labute approximate surface area is 73.3 Å². The van der Waals surface area contributed by atoms with Gasteiger partial charge in [-0.05, 0) is 20.1 Å². The first-order valence-corrected chi connectivity index (χ1v) is 5.23. The van der Waals surface area contributed by atoms with Crippen molar-refractivity contribution in [2.24, 2.45) is 0 Å². The first kappa shape index (κ1) is 10.8. The van der Waals surface area contributed by atoms with Crippen LogP contribution in [0.2, 0.25) is 0 Å². The van der Waals surface area contributed by atoms with Crippen LogP contribution in [0, 0.1) is 0 Å². The first-order chi connectivity index (χ1) is 5.09. The summed E-state index contributed by atoms with van der Waals surface area (Å²) in [5.41, 5.74) is 0. The van der Waals surface area contributed by atoms with Gasteiger partial charge in [-0.3, -0.25) is 4.79 Å². The van der Waals surface area contributed by atoms with Gasteiger partial charge in [0.05, 0.1) is 0 Å². The van der Waals surface area contributed by atoms with E-state index < -0.39 is 0 Å². The molecule has 2 nitrogen and oxygen atoms in total. The molecule has 0 aromatic rings. The third-order valence-electron chi connectivity index (χ3n) is 1.69. The number of hydrogen-bond donors (Lipinski definition) is 0. The fourth-order valence-corrected chi connectivity index (χ4v) is 1.03. The van der Waals surface area contributed by atoms with E-state index in [9.17, 15) is 4.79 Å². The van der Waals surface area contributed by atoms with Crippen LogP contribution in [0.25, 0.3) is 0 Å². The highest BCUT2D eigenvalue weighted by Crippen LogP contribution is 2.01. The summed E-state index contributed by atoms with van der Waals surface area (Å²) in [4.78, 5) is 13.0. The standard InChI is InChI=1S/C8H17NOS/c1-7(2)9(3)8(10)5-6-11-4/h7H,5-6H2,1-4H3. The molecule has 0 atom stereocenters. The summed E-state index contributed by atoms with van der Waals surface area (Å²) in [5, 5.41) is 0. The Bertz CT molecular complexity index is 125. The number of thioether (sulfide) groups is 1. The maximum absolute atomic E-state index is 11.3. The number of nitrogens with zero attached hydrogens (tertiary/aromatic N) is 1. The molecule has 0 unspecified atom stereocenters. The van der Waals surface area contributed by atoms with Crippen LogP contribution in [-0.4, -0.2) is 35.9 Å². The highest BCUT2D eigenvalue weighted by molar-refractivity contribution is 7.98. The largest absolute Gasteiger partial charge is 0.343 e. The number of hydrogen-bond acceptors (Lipinski definition) is 2. The minimum atomic E-state index is 0.245. The molecular weight excluding hydrogens is 158 g/mol. The lowest BCUT2D eigenvalue weighted by Gasteiger charge is -2.20. The van der Waals surface area contributed by atoms with Gasteiger partial charge in [-0.15, -0.1) is 0 Å². The maximum Gasteiger partial charge on any atom is 0.223 e. The number of carbonyl (C=O) groups is 1. The van der Waals surface area contributed by atoms with Crippen molar-refractivity contribution in [1.29, 1.82) is 0 Å². The molecule has 11 heavy (non-hydrogen) atoms. The topological polar surface area (TPSA) is 20.3 Å². The van der Waals surface area contributed by atoms with Crippen LogP contribution in [-0.2, 0) is 4.79 Å². The molecule has 1 amide bonds. The fraction of sp³-hybridized carbons (Fsp3) is 0.875. The molecule has 0 aromatic carbocycles. The second kappa shape index (κ2) is 5.47. The predicted molar refractivity (Wildman–Crippen MR) is 50.9 cm³/mol. The zero-order valence-corrected chi connectivity index (χ0v) is 8.57. The minimum absolute atomic E-state index is 0.245. The Morgan fingerprint density at radius 3 is 2.45 bits per heavy atom. The molecule has 0 rings (SSSR count). The predicted octanol–water partition coefficient (Wildman–Crippen LogP) is 1.61. The third-order valence-corrected chi connectivity index (χ3v) is 2.30. The van der Waals surface area contributed by atoms with E-state index >= 15 is 0 Å². The van der Waals surface area contributed by atoms with E-state index in [0.29, 0.717) is 12.5 Å². The molecule has 0 heterocycles. The van der Waals surface area contributed by atoms with Gasteiger partial charge in [0.1, 0.15) is 0 Å². The maximum atomic E-state index is 11.3. The second-order valence-electron chi connectivity index (χ2n) is 2.84. The van der Waals surface area contributed by atoms with E-state index in [2.05, 4.69) is 0 Å². The van der Waals surface area contributed by atoms with Crippen LogP contribution in [0.15, 0.2) is 0 Å². The fourth-order valence-electron chi connectivity index (χ4n) is 0.654. The zero-order chi connectivity index (χ0) is 8.85. The van der Waals surface area contributed by atoms with Crippen LogP contribution in [0.4, 0.5) is 0 Å². The van der Waals surface area contributed by atoms with Crippen molar-refractivity contribution in [3.8, 4) is 0 Å². The molecule has 0 N–H and O–H groups in total. The Kier molecular flexibility index (Phi) is 5.38. The second-order valence-corrected chi connectivity index (χ2v) is 3.83. The van der Waals surface area contributed by atoms with Gasteiger partial charge in [0.15, 0.2) is 0 Å². The van der Waals surface area contributed by atoms with Gasteiger partial charge >= 0.3 is 0 Å². The average Bonchev–Trinajstić information content (AvgIpc) is 1.98. The van der Waals surface area contributed by atoms with E-state index in [4.69, 9.17) is 0 Å². The van der Waals surface area contributed by atoms with Crippen molar-refractivity contribution >= 4 is 17.7 Å². The van der Waals surface area contributed by atoms with Crippen molar-refractivity contribution in [3.63, 3.8) is 0 Å².